The Morgan fingerprint density at radius 1 is 1.06 bits per heavy atom. The predicted molar refractivity (Wildman–Crippen MR) is 79.8 cm³/mol. The van der Waals surface area contributed by atoms with E-state index < -0.39 is 0 Å². The molecule has 3 nitrogen and oxygen atoms in total. The van der Waals surface area contributed by atoms with Crippen molar-refractivity contribution < 1.29 is 0 Å². The van der Waals surface area contributed by atoms with E-state index in [-0.39, 0.29) is 0 Å². The van der Waals surface area contributed by atoms with Crippen LogP contribution in [0.3, 0.4) is 0 Å². The van der Waals surface area contributed by atoms with Crippen molar-refractivity contribution in [2.45, 2.75) is 51.5 Å². The third kappa shape index (κ3) is 6.17. The molecule has 1 rings (SSSR count). The van der Waals surface area contributed by atoms with Gasteiger partial charge in [-0.1, -0.05) is 26.2 Å². The van der Waals surface area contributed by atoms with Gasteiger partial charge in [-0.15, -0.1) is 0 Å². The summed E-state index contributed by atoms with van der Waals surface area (Å²) >= 11 is 0. The van der Waals surface area contributed by atoms with Gasteiger partial charge in [0.2, 0.25) is 0 Å². The molecule has 108 valence electrons. The lowest BCUT2D eigenvalue weighted by molar-refractivity contribution is 0.192. The highest BCUT2D eigenvalue weighted by Gasteiger charge is 2.22. The Morgan fingerprint density at radius 3 is 2.28 bits per heavy atom. The van der Waals surface area contributed by atoms with Gasteiger partial charge in [-0.2, -0.15) is 0 Å². The summed E-state index contributed by atoms with van der Waals surface area (Å²) in [5.74, 6) is 0.775. The first-order valence-corrected chi connectivity index (χ1v) is 7.76. The number of hydrogen-bond donors (Lipinski definition) is 1. The number of nitrogens with two attached hydrogens (primary N) is 1. The average molecular weight is 255 g/mol. The quantitative estimate of drug-likeness (QED) is 0.721. The largest absolute Gasteiger partial charge is 0.326 e. The molecule has 0 aliphatic heterocycles. The van der Waals surface area contributed by atoms with Crippen LogP contribution in [0.2, 0.25) is 0 Å². The third-order valence-electron chi connectivity index (χ3n) is 4.13. The van der Waals surface area contributed by atoms with Crippen LogP contribution < -0.4 is 5.73 Å². The maximum absolute atomic E-state index is 6.43. The summed E-state index contributed by atoms with van der Waals surface area (Å²) < 4.78 is 0. The average Bonchev–Trinajstić information content (AvgIpc) is 2.37. The van der Waals surface area contributed by atoms with E-state index in [1.165, 1.54) is 45.1 Å². The van der Waals surface area contributed by atoms with Crippen LogP contribution >= 0.6 is 0 Å². The number of hydrogen-bond acceptors (Lipinski definition) is 3. The van der Waals surface area contributed by atoms with Crippen LogP contribution in [-0.2, 0) is 0 Å². The molecule has 0 heterocycles. The smallest absolute Gasteiger partial charge is 0.0196 e. The van der Waals surface area contributed by atoms with Gasteiger partial charge >= 0.3 is 0 Å². The Hall–Kier alpha value is -0.120. The van der Waals surface area contributed by atoms with E-state index in [2.05, 4.69) is 30.8 Å². The zero-order valence-electron chi connectivity index (χ0n) is 12.7. The zero-order valence-corrected chi connectivity index (χ0v) is 12.7. The molecule has 2 N–H and O–H groups in total. The number of likely N-dealkylation sites (N-methyl/N-ethyl adjacent to an activating group) is 1. The molecule has 0 aromatic rings. The van der Waals surface area contributed by atoms with Gasteiger partial charge in [-0.3, -0.25) is 0 Å². The Morgan fingerprint density at radius 2 is 1.72 bits per heavy atom. The Kier molecular flexibility index (Phi) is 7.87. The van der Waals surface area contributed by atoms with Crippen molar-refractivity contribution in [1.82, 2.24) is 9.80 Å². The molecule has 0 spiro atoms. The molecule has 0 aromatic heterocycles. The lowest BCUT2D eigenvalue weighted by Gasteiger charge is -2.32. The highest BCUT2D eigenvalue weighted by molar-refractivity contribution is 4.79. The van der Waals surface area contributed by atoms with Gasteiger partial charge in [0.05, 0.1) is 0 Å². The molecule has 0 aromatic carbocycles. The van der Waals surface area contributed by atoms with Crippen LogP contribution in [0.1, 0.15) is 45.4 Å². The lowest BCUT2D eigenvalue weighted by atomic mass is 9.84. The molecule has 1 aliphatic carbocycles. The SMILES string of the molecule is CCCN(CCN(C)C)CC(N)C1CCCCC1. The van der Waals surface area contributed by atoms with Gasteiger partial charge < -0.3 is 15.5 Å². The van der Waals surface area contributed by atoms with Crippen molar-refractivity contribution in [1.29, 1.82) is 0 Å². The molecule has 1 aliphatic rings. The molecular formula is C15H33N3. The molecule has 18 heavy (non-hydrogen) atoms. The second-order valence-electron chi connectivity index (χ2n) is 6.17. The Bertz CT molecular complexity index is 200. The topological polar surface area (TPSA) is 32.5 Å². The third-order valence-corrected chi connectivity index (χ3v) is 4.13. The summed E-state index contributed by atoms with van der Waals surface area (Å²) in [6, 6.07) is 0.388. The molecule has 1 unspecified atom stereocenters. The van der Waals surface area contributed by atoms with E-state index in [4.69, 9.17) is 5.73 Å². The summed E-state index contributed by atoms with van der Waals surface area (Å²) in [5.41, 5.74) is 6.43. The van der Waals surface area contributed by atoms with E-state index in [9.17, 15) is 0 Å². The fourth-order valence-corrected chi connectivity index (χ4v) is 2.96. The van der Waals surface area contributed by atoms with Gasteiger partial charge in [0.15, 0.2) is 0 Å². The second kappa shape index (κ2) is 8.89. The monoisotopic (exact) mass is 255 g/mol. The molecule has 3 heteroatoms. The normalized spacial score (nSPS) is 19.7. The van der Waals surface area contributed by atoms with Gasteiger partial charge in [0, 0.05) is 25.7 Å². The van der Waals surface area contributed by atoms with Crippen molar-refractivity contribution in [3.8, 4) is 0 Å². The molecule has 1 atom stereocenters. The van der Waals surface area contributed by atoms with Crippen LogP contribution in [0.4, 0.5) is 0 Å². The Balaban J connectivity index is 2.33. The van der Waals surface area contributed by atoms with Crippen LogP contribution in [-0.4, -0.2) is 56.1 Å². The van der Waals surface area contributed by atoms with Crippen LogP contribution in [0.15, 0.2) is 0 Å². The van der Waals surface area contributed by atoms with E-state index in [0.29, 0.717) is 6.04 Å². The molecule has 0 bridgehead atoms. The first-order valence-electron chi connectivity index (χ1n) is 7.76. The van der Waals surface area contributed by atoms with E-state index in [1.807, 2.05) is 0 Å². The van der Waals surface area contributed by atoms with Crippen LogP contribution in [0.25, 0.3) is 0 Å². The minimum absolute atomic E-state index is 0.388. The van der Waals surface area contributed by atoms with Crippen molar-refractivity contribution >= 4 is 0 Å². The zero-order chi connectivity index (χ0) is 13.4. The van der Waals surface area contributed by atoms with Crippen molar-refractivity contribution in [2.75, 3.05) is 40.3 Å². The van der Waals surface area contributed by atoms with E-state index in [1.54, 1.807) is 0 Å². The summed E-state index contributed by atoms with van der Waals surface area (Å²) in [4.78, 5) is 4.81. The fraction of sp³-hybridized carbons (Fsp3) is 1.00. The minimum atomic E-state index is 0.388. The molecule has 0 radical (unpaired) electrons. The minimum Gasteiger partial charge on any atom is -0.326 e. The van der Waals surface area contributed by atoms with Crippen molar-refractivity contribution in [3.63, 3.8) is 0 Å². The van der Waals surface area contributed by atoms with Gasteiger partial charge in [0.25, 0.3) is 0 Å². The van der Waals surface area contributed by atoms with E-state index >= 15 is 0 Å². The highest BCUT2D eigenvalue weighted by atomic mass is 15.2. The first kappa shape index (κ1) is 15.9. The van der Waals surface area contributed by atoms with Gasteiger partial charge in [0.1, 0.15) is 0 Å². The predicted octanol–water partition coefficient (Wildman–Crippen LogP) is 2.17. The Labute approximate surface area is 114 Å². The molecule has 0 amide bonds. The fourth-order valence-electron chi connectivity index (χ4n) is 2.96. The number of nitrogens with zero attached hydrogens (tertiary/aromatic N) is 2. The molecule has 1 saturated carbocycles. The molecule has 1 fully saturated rings. The highest BCUT2D eigenvalue weighted by Crippen LogP contribution is 2.25. The van der Waals surface area contributed by atoms with Gasteiger partial charge in [-0.05, 0) is 45.8 Å². The molecule has 0 saturated heterocycles. The van der Waals surface area contributed by atoms with Crippen molar-refractivity contribution in [3.05, 3.63) is 0 Å². The maximum atomic E-state index is 6.43. The van der Waals surface area contributed by atoms with E-state index in [0.717, 1.165) is 25.6 Å². The number of rotatable bonds is 8. The van der Waals surface area contributed by atoms with Gasteiger partial charge in [-0.25, -0.2) is 0 Å². The first-order chi connectivity index (χ1) is 8.63. The standard InChI is InChI=1S/C15H33N3/c1-4-10-18(12-11-17(2)3)13-15(16)14-8-6-5-7-9-14/h14-15H,4-13,16H2,1-3H3. The second-order valence-corrected chi connectivity index (χ2v) is 6.17. The summed E-state index contributed by atoms with van der Waals surface area (Å²) in [7, 11) is 4.29. The van der Waals surface area contributed by atoms with Crippen LogP contribution in [0, 0.1) is 5.92 Å². The lowest BCUT2D eigenvalue weighted by Crippen LogP contribution is -2.45. The summed E-state index contributed by atoms with van der Waals surface area (Å²) in [6.07, 6.45) is 8.14. The summed E-state index contributed by atoms with van der Waals surface area (Å²) in [5, 5.41) is 0. The van der Waals surface area contributed by atoms with Crippen LogP contribution in [0.5, 0.6) is 0 Å². The molecular weight excluding hydrogens is 222 g/mol. The summed E-state index contributed by atoms with van der Waals surface area (Å²) in [6.45, 7) is 6.83. The maximum Gasteiger partial charge on any atom is 0.0196 e. The van der Waals surface area contributed by atoms with Crippen molar-refractivity contribution in [2.24, 2.45) is 11.7 Å².